The summed E-state index contributed by atoms with van der Waals surface area (Å²) in [6.45, 7) is 3.31. The molecule has 3 aromatic carbocycles. The van der Waals surface area contributed by atoms with E-state index < -0.39 is 0 Å². The Morgan fingerprint density at radius 2 is 1.32 bits per heavy atom. The summed E-state index contributed by atoms with van der Waals surface area (Å²) in [5.74, 6) is 0. The minimum atomic E-state index is 1.04. The van der Waals surface area contributed by atoms with Crippen LogP contribution in [0.15, 0.2) is 84.9 Å². The van der Waals surface area contributed by atoms with Gasteiger partial charge in [-0.15, -0.1) is 0 Å². The molecular formula is C27H25N. The minimum Gasteiger partial charge on any atom is -0.340 e. The molecule has 0 radical (unpaired) electrons. The van der Waals surface area contributed by atoms with Crippen molar-refractivity contribution >= 4 is 0 Å². The van der Waals surface area contributed by atoms with Crippen molar-refractivity contribution in [2.24, 2.45) is 0 Å². The van der Waals surface area contributed by atoms with Gasteiger partial charge in [0, 0.05) is 17.7 Å². The van der Waals surface area contributed by atoms with Gasteiger partial charge in [-0.25, -0.2) is 0 Å². The Balaban J connectivity index is 1.89. The van der Waals surface area contributed by atoms with E-state index in [0.29, 0.717) is 0 Å². The fraction of sp³-hybridized carbons (Fsp3) is 0.185. The molecule has 0 spiro atoms. The van der Waals surface area contributed by atoms with Crippen molar-refractivity contribution in [3.63, 3.8) is 0 Å². The van der Waals surface area contributed by atoms with Gasteiger partial charge in [-0.05, 0) is 41.5 Å². The van der Waals surface area contributed by atoms with Crippen molar-refractivity contribution in [3.8, 4) is 33.6 Å². The summed E-state index contributed by atoms with van der Waals surface area (Å²) in [5, 5.41) is 0. The van der Waals surface area contributed by atoms with E-state index in [-0.39, 0.29) is 0 Å². The first-order valence-electron chi connectivity index (χ1n) is 10.3. The minimum absolute atomic E-state index is 1.04. The average molecular weight is 364 g/mol. The quantitative estimate of drug-likeness (QED) is 0.368. The highest BCUT2D eigenvalue weighted by Crippen LogP contribution is 2.46. The number of aryl methyl sites for hydroxylation is 1. The molecule has 138 valence electrons. The molecule has 1 aliphatic rings. The Morgan fingerprint density at radius 3 is 2.04 bits per heavy atom. The second-order valence-electron chi connectivity index (χ2n) is 7.59. The van der Waals surface area contributed by atoms with Crippen molar-refractivity contribution in [1.82, 2.24) is 4.57 Å². The van der Waals surface area contributed by atoms with Gasteiger partial charge < -0.3 is 4.57 Å². The van der Waals surface area contributed by atoms with E-state index in [0.717, 1.165) is 25.8 Å². The lowest BCUT2D eigenvalue weighted by Gasteiger charge is -2.20. The molecule has 1 aromatic heterocycles. The smallest absolute Gasteiger partial charge is 0.0567 e. The SMILES string of the molecule is CCCn1c2c(c(-c3ccccc3)c1-c1ccccc1)CCc1ccccc1-2. The Morgan fingerprint density at radius 1 is 0.679 bits per heavy atom. The predicted molar refractivity (Wildman–Crippen MR) is 118 cm³/mol. The maximum Gasteiger partial charge on any atom is 0.0567 e. The first-order chi connectivity index (χ1) is 13.9. The summed E-state index contributed by atoms with van der Waals surface area (Å²) in [6, 6.07) is 30.8. The van der Waals surface area contributed by atoms with Crippen LogP contribution in [-0.4, -0.2) is 4.57 Å². The lowest BCUT2D eigenvalue weighted by Crippen LogP contribution is -2.08. The van der Waals surface area contributed by atoms with E-state index in [9.17, 15) is 0 Å². The summed E-state index contributed by atoms with van der Waals surface area (Å²) >= 11 is 0. The highest BCUT2D eigenvalue weighted by molar-refractivity contribution is 5.92. The Labute approximate surface area is 167 Å². The molecule has 0 fully saturated rings. The molecule has 1 heteroatoms. The third kappa shape index (κ3) is 2.70. The number of hydrogen-bond donors (Lipinski definition) is 0. The standard InChI is InChI=1S/C27H25N/c1-2-19-28-26(22-14-7-4-8-15-22)25(21-12-5-3-6-13-21)24-18-17-20-11-9-10-16-23(20)27(24)28/h3-16H,2,17-19H2,1H3. The molecule has 4 aromatic rings. The average Bonchev–Trinajstić information content (AvgIpc) is 3.10. The fourth-order valence-electron chi connectivity index (χ4n) is 4.71. The van der Waals surface area contributed by atoms with Crippen LogP contribution in [0.5, 0.6) is 0 Å². The van der Waals surface area contributed by atoms with Crippen molar-refractivity contribution in [2.75, 3.05) is 0 Å². The van der Waals surface area contributed by atoms with Gasteiger partial charge in [0.2, 0.25) is 0 Å². The summed E-state index contributed by atoms with van der Waals surface area (Å²) in [6.07, 6.45) is 3.35. The molecule has 0 saturated carbocycles. The van der Waals surface area contributed by atoms with Crippen LogP contribution in [0.1, 0.15) is 24.5 Å². The molecule has 5 rings (SSSR count). The van der Waals surface area contributed by atoms with Crippen LogP contribution in [-0.2, 0) is 19.4 Å². The van der Waals surface area contributed by atoms with Crippen LogP contribution < -0.4 is 0 Å². The zero-order chi connectivity index (χ0) is 18.9. The Bertz CT molecular complexity index is 1100. The van der Waals surface area contributed by atoms with E-state index in [1.54, 1.807) is 0 Å². The number of rotatable bonds is 4. The molecule has 1 nitrogen and oxygen atoms in total. The molecular weight excluding hydrogens is 338 g/mol. The van der Waals surface area contributed by atoms with Gasteiger partial charge in [0.05, 0.1) is 11.4 Å². The van der Waals surface area contributed by atoms with Crippen LogP contribution in [0.25, 0.3) is 33.6 Å². The van der Waals surface area contributed by atoms with Crippen molar-refractivity contribution in [2.45, 2.75) is 32.7 Å². The van der Waals surface area contributed by atoms with Crippen molar-refractivity contribution in [3.05, 3.63) is 96.1 Å². The highest BCUT2D eigenvalue weighted by Gasteiger charge is 2.28. The van der Waals surface area contributed by atoms with Crippen molar-refractivity contribution in [1.29, 1.82) is 0 Å². The lowest BCUT2D eigenvalue weighted by atomic mass is 9.86. The van der Waals surface area contributed by atoms with Gasteiger partial charge in [0.1, 0.15) is 0 Å². The molecule has 0 amide bonds. The molecule has 28 heavy (non-hydrogen) atoms. The van der Waals surface area contributed by atoms with Gasteiger partial charge in [-0.1, -0.05) is 91.9 Å². The van der Waals surface area contributed by atoms with E-state index >= 15 is 0 Å². The molecule has 0 unspecified atom stereocenters. The van der Waals surface area contributed by atoms with Crippen LogP contribution in [0, 0.1) is 0 Å². The number of nitrogens with zero attached hydrogens (tertiary/aromatic N) is 1. The van der Waals surface area contributed by atoms with Gasteiger partial charge in [-0.2, -0.15) is 0 Å². The number of fused-ring (bicyclic) bond motifs is 3. The van der Waals surface area contributed by atoms with E-state index in [2.05, 4.69) is 96.4 Å². The number of hydrogen-bond acceptors (Lipinski definition) is 0. The number of benzene rings is 3. The van der Waals surface area contributed by atoms with Gasteiger partial charge >= 0.3 is 0 Å². The first kappa shape index (κ1) is 17.1. The molecule has 0 aliphatic heterocycles. The zero-order valence-corrected chi connectivity index (χ0v) is 16.4. The Hall–Kier alpha value is -3.06. The van der Waals surface area contributed by atoms with Gasteiger partial charge in [0.25, 0.3) is 0 Å². The Kier molecular flexibility index (Phi) is 4.37. The van der Waals surface area contributed by atoms with Gasteiger partial charge in [0.15, 0.2) is 0 Å². The van der Waals surface area contributed by atoms with Crippen LogP contribution in [0.2, 0.25) is 0 Å². The summed E-state index contributed by atoms with van der Waals surface area (Å²) in [7, 11) is 0. The third-order valence-electron chi connectivity index (χ3n) is 5.84. The van der Waals surface area contributed by atoms with E-state index in [4.69, 9.17) is 0 Å². The first-order valence-corrected chi connectivity index (χ1v) is 10.3. The van der Waals surface area contributed by atoms with Crippen LogP contribution >= 0.6 is 0 Å². The largest absolute Gasteiger partial charge is 0.340 e. The summed E-state index contributed by atoms with van der Waals surface area (Å²) < 4.78 is 2.59. The third-order valence-corrected chi connectivity index (χ3v) is 5.84. The zero-order valence-electron chi connectivity index (χ0n) is 16.4. The number of aromatic nitrogens is 1. The summed E-state index contributed by atoms with van der Waals surface area (Å²) in [5.41, 5.74) is 11.3. The molecule has 0 atom stereocenters. The monoisotopic (exact) mass is 363 g/mol. The second-order valence-corrected chi connectivity index (χ2v) is 7.59. The van der Waals surface area contributed by atoms with Crippen LogP contribution in [0.3, 0.4) is 0 Å². The van der Waals surface area contributed by atoms with Gasteiger partial charge in [-0.3, -0.25) is 0 Å². The maximum atomic E-state index is 2.59. The van der Waals surface area contributed by atoms with E-state index in [1.165, 1.54) is 44.8 Å². The fourth-order valence-corrected chi connectivity index (χ4v) is 4.71. The highest BCUT2D eigenvalue weighted by atomic mass is 15.0. The van der Waals surface area contributed by atoms with E-state index in [1.807, 2.05) is 0 Å². The topological polar surface area (TPSA) is 4.93 Å². The second kappa shape index (κ2) is 7.16. The maximum absolute atomic E-state index is 2.59. The molecule has 0 N–H and O–H groups in total. The van der Waals surface area contributed by atoms with Crippen molar-refractivity contribution < 1.29 is 0 Å². The van der Waals surface area contributed by atoms with Crippen LogP contribution in [0.4, 0.5) is 0 Å². The predicted octanol–water partition coefficient (Wildman–Crippen LogP) is 7.00. The molecule has 0 bridgehead atoms. The molecule has 0 saturated heterocycles. The lowest BCUT2D eigenvalue weighted by molar-refractivity contribution is 0.690. The normalized spacial score (nSPS) is 12.5. The molecule has 1 aliphatic carbocycles. The molecule has 1 heterocycles. The summed E-state index contributed by atoms with van der Waals surface area (Å²) in [4.78, 5) is 0.